The van der Waals surface area contributed by atoms with Gasteiger partial charge in [-0.2, -0.15) is 0 Å². The molecule has 0 aliphatic rings. The predicted octanol–water partition coefficient (Wildman–Crippen LogP) is 2.92. The van der Waals surface area contributed by atoms with Crippen LogP contribution in [0.3, 0.4) is 0 Å². The number of halogens is 1. The molecule has 0 saturated heterocycles. The molecule has 0 spiro atoms. The summed E-state index contributed by atoms with van der Waals surface area (Å²) in [6, 6.07) is 2.24. The van der Waals surface area contributed by atoms with Crippen LogP contribution < -0.4 is 5.73 Å². The Morgan fingerprint density at radius 3 is 2.90 bits per heavy atom. The van der Waals surface area contributed by atoms with Crippen molar-refractivity contribution in [2.75, 3.05) is 0 Å². The molecule has 1 atom stereocenters. The maximum Gasteiger partial charge on any atom is 0.0398 e. The van der Waals surface area contributed by atoms with Gasteiger partial charge in [-0.05, 0) is 33.8 Å². The summed E-state index contributed by atoms with van der Waals surface area (Å²) in [4.78, 5) is 1.25. The summed E-state index contributed by atoms with van der Waals surface area (Å²) < 4.78 is 1.15. The van der Waals surface area contributed by atoms with E-state index in [-0.39, 0.29) is 6.04 Å². The molecule has 2 N–H and O–H groups in total. The van der Waals surface area contributed by atoms with Crippen LogP contribution in [0, 0.1) is 0 Å². The van der Waals surface area contributed by atoms with Gasteiger partial charge in [-0.1, -0.05) is 6.92 Å². The lowest BCUT2D eigenvalue weighted by Crippen LogP contribution is -2.06. The Morgan fingerprint density at radius 2 is 2.50 bits per heavy atom. The van der Waals surface area contributed by atoms with Gasteiger partial charge in [-0.3, -0.25) is 0 Å². The highest BCUT2D eigenvalue weighted by Gasteiger charge is 2.07. The van der Waals surface area contributed by atoms with Crippen LogP contribution in [-0.2, 0) is 0 Å². The third-order valence-corrected chi connectivity index (χ3v) is 3.42. The fourth-order valence-corrected chi connectivity index (χ4v) is 2.51. The number of nitrogens with two attached hydrogens (primary N) is 1. The van der Waals surface area contributed by atoms with Gasteiger partial charge >= 0.3 is 0 Å². The van der Waals surface area contributed by atoms with Gasteiger partial charge in [-0.25, -0.2) is 0 Å². The molecule has 1 nitrogen and oxygen atoms in total. The van der Waals surface area contributed by atoms with Crippen molar-refractivity contribution < 1.29 is 0 Å². The average Bonchev–Trinajstić information content (AvgIpc) is 2.34. The van der Waals surface area contributed by atoms with Gasteiger partial charge in [0.2, 0.25) is 0 Å². The summed E-state index contributed by atoms with van der Waals surface area (Å²) in [5.74, 6) is 0. The first-order valence-corrected chi connectivity index (χ1v) is 4.91. The molecule has 0 saturated carbocycles. The van der Waals surface area contributed by atoms with Crippen LogP contribution in [-0.4, -0.2) is 0 Å². The Hall–Kier alpha value is 0.140. The van der Waals surface area contributed by atoms with Gasteiger partial charge in [-0.15, -0.1) is 11.3 Å². The molecule has 1 aromatic rings. The van der Waals surface area contributed by atoms with Crippen molar-refractivity contribution in [1.29, 1.82) is 0 Å². The van der Waals surface area contributed by atoms with Gasteiger partial charge in [0.05, 0.1) is 0 Å². The average molecular weight is 220 g/mol. The molecule has 1 rings (SSSR count). The van der Waals surface area contributed by atoms with Crippen molar-refractivity contribution in [3.8, 4) is 0 Å². The van der Waals surface area contributed by atoms with Crippen LogP contribution in [0.15, 0.2) is 15.9 Å². The maximum atomic E-state index is 5.82. The number of hydrogen-bond donors (Lipinski definition) is 1. The SMILES string of the molecule is CC[C@H](N)c1sccc1Br. The van der Waals surface area contributed by atoms with E-state index in [2.05, 4.69) is 28.2 Å². The molecular weight excluding hydrogens is 210 g/mol. The Labute approximate surface area is 73.4 Å². The Balaban J connectivity index is 2.82. The Bertz CT molecular complexity index is 209. The molecule has 0 radical (unpaired) electrons. The minimum absolute atomic E-state index is 0.203. The largest absolute Gasteiger partial charge is 0.323 e. The fourth-order valence-electron chi connectivity index (χ4n) is 0.755. The molecule has 0 aromatic carbocycles. The first-order valence-electron chi connectivity index (χ1n) is 3.24. The zero-order valence-corrected chi connectivity index (χ0v) is 8.21. The smallest absolute Gasteiger partial charge is 0.0398 e. The zero-order valence-electron chi connectivity index (χ0n) is 5.80. The van der Waals surface area contributed by atoms with E-state index >= 15 is 0 Å². The minimum atomic E-state index is 0.203. The fraction of sp³-hybridized carbons (Fsp3) is 0.429. The molecule has 0 aliphatic heterocycles. The molecule has 1 aromatic heterocycles. The van der Waals surface area contributed by atoms with E-state index in [9.17, 15) is 0 Å². The highest BCUT2D eigenvalue weighted by Crippen LogP contribution is 2.28. The van der Waals surface area contributed by atoms with Gasteiger partial charge in [0.25, 0.3) is 0 Å². The molecule has 0 aliphatic carbocycles. The second-order valence-electron chi connectivity index (χ2n) is 2.15. The topological polar surface area (TPSA) is 26.0 Å². The van der Waals surface area contributed by atoms with Gasteiger partial charge in [0, 0.05) is 15.4 Å². The van der Waals surface area contributed by atoms with E-state index in [4.69, 9.17) is 5.73 Å². The normalized spacial score (nSPS) is 13.5. The van der Waals surface area contributed by atoms with Crippen LogP contribution in [0.25, 0.3) is 0 Å². The molecule has 0 unspecified atom stereocenters. The predicted molar refractivity (Wildman–Crippen MR) is 49.2 cm³/mol. The molecule has 56 valence electrons. The zero-order chi connectivity index (χ0) is 7.56. The Kier molecular flexibility index (Phi) is 2.89. The third kappa shape index (κ3) is 1.59. The van der Waals surface area contributed by atoms with Crippen molar-refractivity contribution >= 4 is 27.3 Å². The van der Waals surface area contributed by atoms with Crippen molar-refractivity contribution in [2.24, 2.45) is 5.73 Å². The van der Waals surface area contributed by atoms with Crippen molar-refractivity contribution in [3.63, 3.8) is 0 Å². The third-order valence-electron chi connectivity index (χ3n) is 1.42. The molecule has 10 heavy (non-hydrogen) atoms. The van der Waals surface area contributed by atoms with Crippen LogP contribution in [0.1, 0.15) is 24.3 Å². The van der Waals surface area contributed by atoms with Crippen molar-refractivity contribution in [3.05, 3.63) is 20.8 Å². The number of thiophene rings is 1. The second kappa shape index (κ2) is 3.51. The van der Waals surface area contributed by atoms with E-state index in [1.807, 2.05) is 6.07 Å². The van der Waals surface area contributed by atoms with Crippen molar-refractivity contribution in [1.82, 2.24) is 0 Å². The van der Waals surface area contributed by atoms with E-state index in [0.29, 0.717) is 0 Å². The van der Waals surface area contributed by atoms with Crippen LogP contribution in [0.2, 0.25) is 0 Å². The van der Waals surface area contributed by atoms with Crippen LogP contribution >= 0.6 is 27.3 Å². The molecule has 1 heterocycles. The highest BCUT2D eigenvalue weighted by atomic mass is 79.9. The van der Waals surface area contributed by atoms with Crippen LogP contribution in [0.4, 0.5) is 0 Å². The summed E-state index contributed by atoms with van der Waals surface area (Å²) in [5, 5.41) is 2.05. The van der Waals surface area contributed by atoms with E-state index in [0.717, 1.165) is 10.9 Å². The minimum Gasteiger partial charge on any atom is -0.323 e. The van der Waals surface area contributed by atoms with Gasteiger partial charge < -0.3 is 5.73 Å². The lowest BCUT2D eigenvalue weighted by molar-refractivity contribution is 0.709. The molecule has 0 fully saturated rings. The lowest BCUT2D eigenvalue weighted by atomic mass is 10.2. The summed E-state index contributed by atoms with van der Waals surface area (Å²) >= 11 is 5.15. The number of rotatable bonds is 2. The van der Waals surface area contributed by atoms with Gasteiger partial charge in [0.15, 0.2) is 0 Å². The standard InChI is InChI=1S/C7H10BrNS/c1-2-6(9)7-5(8)3-4-10-7/h3-4,6H,2,9H2,1H3/t6-/m0/s1. The lowest BCUT2D eigenvalue weighted by Gasteiger charge is -2.05. The Morgan fingerprint density at radius 1 is 1.80 bits per heavy atom. The molecule has 0 bridgehead atoms. The maximum absolute atomic E-state index is 5.82. The van der Waals surface area contributed by atoms with Crippen LogP contribution in [0.5, 0.6) is 0 Å². The first-order chi connectivity index (χ1) is 4.75. The summed E-state index contributed by atoms with van der Waals surface area (Å²) in [6.45, 7) is 2.09. The summed E-state index contributed by atoms with van der Waals surface area (Å²) in [5.41, 5.74) is 5.82. The first kappa shape index (κ1) is 8.24. The molecular formula is C7H10BrNS. The van der Waals surface area contributed by atoms with E-state index in [1.165, 1.54) is 4.88 Å². The van der Waals surface area contributed by atoms with Crippen molar-refractivity contribution in [2.45, 2.75) is 19.4 Å². The second-order valence-corrected chi connectivity index (χ2v) is 3.95. The summed E-state index contributed by atoms with van der Waals surface area (Å²) in [7, 11) is 0. The quantitative estimate of drug-likeness (QED) is 0.814. The summed E-state index contributed by atoms with van der Waals surface area (Å²) in [6.07, 6.45) is 0.999. The molecule has 3 heteroatoms. The monoisotopic (exact) mass is 219 g/mol. The number of hydrogen-bond acceptors (Lipinski definition) is 2. The highest BCUT2D eigenvalue weighted by molar-refractivity contribution is 9.10. The van der Waals surface area contributed by atoms with E-state index < -0.39 is 0 Å². The van der Waals surface area contributed by atoms with Gasteiger partial charge in [0.1, 0.15) is 0 Å². The molecule has 0 amide bonds. The van der Waals surface area contributed by atoms with E-state index in [1.54, 1.807) is 11.3 Å².